The highest BCUT2D eigenvalue weighted by molar-refractivity contribution is 7.84. The van der Waals surface area contributed by atoms with Gasteiger partial charge in [-0.15, -0.1) is 0 Å². The molecule has 4 nitrogen and oxygen atoms in total. The molecule has 0 spiro atoms. The second-order valence-corrected chi connectivity index (χ2v) is 4.56. The van der Waals surface area contributed by atoms with Gasteiger partial charge in [0.05, 0.1) is 11.4 Å². The van der Waals surface area contributed by atoms with Crippen molar-refractivity contribution in [3.05, 3.63) is 11.9 Å². The van der Waals surface area contributed by atoms with Crippen LogP contribution in [0.3, 0.4) is 0 Å². The van der Waals surface area contributed by atoms with Crippen molar-refractivity contribution in [1.29, 1.82) is 0 Å². The van der Waals surface area contributed by atoms with Gasteiger partial charge in [0.2, 0.25) is 0 Å². The van der Waals surface area contributed by atoms with Gasteiger partial charge in [0.1, 0.15) is 0 Å². The minimum Gasteiger partial charge on any atom is -0.381 e. The summed E-state index contributed by atoms with van der Waals surface area (Å²) in [6.45, 7) is 2.68. The largest absolute Gasteiger partial charge is 0.381 e. The van der Waals surface area contributed by atoms with Gasteiger partial charge in [-0.1, -0.05) is 0 Å². The van der Waals surface area contributed by atoms with E-state index in [1.165, 1.54) is 0 Å². The molecule has 1 aromatic rings. The molecule has 0 aliphatic rings. The molecule has 0 radical (unpaired) electrons. The van der Waals surface area contributed by atoms with E-state index in [0.717, 1.165) is 17.9 Å². The molecule has 5 heteroatoms. The van der Waals surface area contributed by atoms with Crippen LogP contribution in [0.5, 0.6) is 0 Å². The number of aromatic nitrogens is 2. The highest BCUT2D eigenvalue weighted by atomic mass is 32.2. The maximum Gasteiger partial charge on any atom is 0.0824 e. The molecule has 74 valence electrons. The standard InChI is InChI=1S/C8H15N3OS/c1-7-8(6-11(2)10-7)9-4-5-13(3)12/h6,9H,4-5H2,1-3H3. The van der Waals surface area contributed by atoms with Gasteiger partial charge in [-0.2, -0.15) is 5.10 Å². The Bertz CT molecular complexity index is 308. The Hall–Kier alpha value is -0.840. The Labute approximate surface area is 80.8 Å². The molecular weight excluding hydrogens is 186 g/mol. The molecule has 1 heterocycles. The molecule has 0 aliphatic carbocycles. The van der Waals surface area contributed by atoms with Crippen LogP contribution in [0.2, 0.25) is 0 Å². The summed E-state index contributed by atoms with van der Waals surface area (Å²) in [5.41, 5.74) is 2.00. The zero-order chi connectivity index (χ0) is 9.84. The summed E-state index contributed by atoms with van der Waals surface area (Å²) in [6, 6.07) is 0. The average molecular weight is 201 g/mol. The van der Waals surface area contributed by atoms with Crippen LogP contribution in [0.25, 0.3) is 0 Å². The molecule has 1 rings (SSSR count). The summed E-state index contributed by atoms with van der Waals surface area (Å²) in [5.74, 6) is 0.675. The average Bonchev–Trinajstić information content (AvgIpc) is 2.29. The van der Waals surface area contributed by atoms with E-state index in [4.69, 9.17) is 0 Å². The maximum absolute atomic E-state index is 10.8. The number of aryl methyl sites for hydroxylation is 2. The van der Waals surface area contributed by atoms with Crippen molar-refractivity contribution < 1.29 is 4.21 Å². The van der Waals surface area contributed by atoms with Crippen LogP contribution in [0, 0.1) is 6.92 Å². The van der Waals surface area contributed by atoms with Crippen LogP contribution >= 0.6 is 0 Å². The smallest absolute Gasteiger partial charge is 0.0824 e. The van der Waals surface area contributed by atoms with Gasteiger partial charge in [0.15, 0.2) is 0 Å². The quantitative estimate of drug-likeness (QED) is 0.772. The molecule has 1 N–H and O–H groups in total. The summed E-state index contributed by atoms with van der Waals surface area (Å²) in [5, 5.41) is 7.38. The Kier molecular flexibility index (Phi) is 3.48. The lowest BCUT2D eigenvalue weighted by atomic mass is 10.4. The zero-order valence-corrected chi connectivity index (χ0v) is 9.02. The van der Waals surface area contributed by atoms with Crippen molar-refractivity contribution in [2.75, 3.05) is 23.9 Å². The predicted molar refractivity (Wildman–Crippen MR) is 55.4 cm³/mol. The van der Waals surface area contributed by atoms with Gasteiger partial charge in [-0.05, 0) is 6.92 Å². The summed E-state index contributed by atoms with van der Waals surface area (Å²) in [7, 11) is 1.16. The normalized spacial score (nSPS) is 12.8. The molecule has 1 atom stereocenters. The molecule has 0 aromatic carbocycles. The molecule has 0 aliphatic heterocycles. The van der Waals surface area contributed by atoms with E-state index in [1.807, 2.05) is 20.2 Å². The molecule has 1 unspecified atom stereocenters. The van der Waals surface area contributed by atoms with Crippen LogP contribution in [0.15, 0.2) is 6.20 Å². The van der Waals surface area contributed by atoms with E-state index < -0.39 is 10.8 Å². The highest BCUT2D eigenvalue weighted by Gasteiger charge is 2.01. The molecular formula is C8H15N3OS. The zero-order valence-electron chi connectivity index (χ0n) is 8.20. The molecule has 0 amide bonds. The van der Waals surface area contributed by atoms with E-state index in [2.05, 4.69) is 10.4 Å². The van der Waals surface area contributed by atoms with Gasteiger partial charge >= 0.3 is 0 Å². The fourth-order valence-corrected chi connectivity index (χ4v) is 1.49. The summed E-state index contributed by atoms with van der Waals surface area (Å²) in [4.78, 5) is 0. The van der Waals surface area contributed by atoms with E-state index in [9.17, 15) is 4.21 Å². The van der Waals surface area contributed by atoms with Crippen molar-refractivity contribution in [3.8, 4) is 0 Å². The number of nitrogens with one attached hydrogen (secondary N) is 1. The second-order valence-electron chi connectivity index (χ2n) is 3.01. The van der Waals surface area contributed by atoms with Crippen LogP contribution in [0.1, 0.15) is 5.69 Å². The Morgan fingerprint density at radius 1 is 1.69 bits per heavy atom. The van der Waals surface area contributed by atoms with Crippen molar-refractivity contribution in [1.82, 2.24) is 9.78 Å². The lowest BCUT2D eigenvalue weighted by Crippen LogP contribution is -2.09. The van der Waals surface area contributed by atoms with E-state index >= 15 is 0 Å². The Morgan fingerprint density at radius 2 is 2.38 bits per heavy atom. The van der Waals surface area contributed by atoms with E-state index in [-0.39, 0.29) is 0 Å². The van der Waals surface area contributed by atoms with Crippen molar-refractivity contribution in [2.45, 2.75) is 6.92 Å². The SMILES string of the molecule is Cc1nn(C)cc1NCCS(C)=O. The molecule has 0 bridgehead atoms. The lowest BCUT2D eigenvalue weighted by molar-refractivity contribution is 0.687. The molecule has 1 aromatic heterocycles. The van der Waals surface area contributed by atoms with Gasteiger partial charge in [0.25, 0.3) is 0 Å². The van der Waals surface area contributed by atoms with Gasteiger partial charge in [-0.25, -0.2) is 0 Å². The number of nitrogens with zero attached hydrogens (tertiary/aromatic N) is 2. The third kappa shape index (κ3) is 3.18. The first kappa shape index (κ1) is 10.2. The Balaban J connectivity index is 2.45. The monoisotopic (exact) mass is 201 g/mol. The number of rotatable bonds is 4. The minimum absolute atomic E-state index is 0.675. The topological polar surface area (TPSA) is 46.9 Å². The summed E-state index contributed by atoms with van der Waals surface area (Å²) >= 11 is 0. The fourth-order valence-electron chi connectivity index (χ4n) is 1.10. The molecule has 13 heavy (non-hydrogen) atoms. The predicted octanol–water partition coefficient (Wildman–Crippen LogP) is 0.519. The van der Waals surface area contributed by atoms with Crippen LogP contribution in [-0.2, 0) is 17.8 Å². The first-order chi connectivity index (χ1) is 6.09. The lowest BCUT2D eigenvalue weighted by Gasteiger charge is -2.01. The van der Waals surface area contributed by atoms with Crippen LogP contribution in [0.4, 0.5) is 5.69 Å². The second kappa shape index (κ2) is 4.41. The van der Waals surface area contributed by atoms with Crippen molar-refractivity contribution in [2.24, 2.45) is 7.05 Å². The third-order valence-corrected chi connectivity index (χ3v) is 2.50. The van der Waals surface area contributed by atoms with E-state index in [0.29, 0.717) is 5.75 Å². The van der Waals surface area contributed by atoms with Gasteiger partial charge in [-0.3, -0.25) is 8.89 Å². The number of hydrogen-bond acceptors (Lipinski definition) is 3. The molecule has 0 saturated heterocycles. The molecule has 0 fully saturated rings. The van der Waals surface area contributed by atoms with Crippen molar-refractivity contribution in [3.63, 3.8) is 0 Å². The summed E-state index contributed by atoms with van der Waals surface area (Å²) < 4.78 is 12.5. The highest BCUT2D eigenvalue weighted by Crippen LogP contribution is 2.10. The Morgan fingerprint density at radius 3 is 2.85 bits per heavy atom. The van der Waals surface area contributed by atoms with Crippen LogP contribution in [-0.4, -0.2) is 32.5 Å². The van der Waals surface area contributed by atoms with Crippen molar-refractivity contribution >= 4 is 16.5 Å². The maximum atomic E-state index is 10.8. The fraction of sp³-hybridized carbons (Fsp3) is 0.625. The van der Waals surface area contributed by atoms with E-state index in [1.54, 1.807) is 10.9 Å². The molecule has 0 saturated carbocycles. The first-order valence-corrected chi connectivity index (χ1v) is 5.86. The van der Waals surface area contributed by atoms with Crippen LogP contribution < -0.4 is 5.32 Å². The van der Waals surface area contributed by atoms with Gasteiger partial charge < -0.3 is 5.32 Å². The minimum atomic E-state index is -0.729. The number of hydrogen-bond donors (Lipinski definition) is 1. The van der Waals surface area contributed by atoms with Gasteiger partial charge in [0, 0.05) is 42.6 Å². The summed E-state index contributed by atoms with van der Waals surface area (Å²) in [6.07, 6.45) is 3.63. The number of anilines is 1. The first-order valence-electron chi connectivity index (χ1n) is 4.13. The third-order valence-electron chi connectivity index (χ3n) is 1.72.